The topological polar surface area (TPSA) is 30.5 Å². The maximum atomic E-state index is 5.50. The summed E-state index contributed by atoms with van der Waals surface area (Å²) in [6, 6.07) is 8.10. The molecule has 0 radical (unpaired) electrons. The third-order valence-corrected chi connectivity index (χ3v) is 4.51. The number of rotatable bonds is 6. The second-order valence-electron chi connectivity index (χ2n) is 4.23. The van der Waals surface area contributed by atoms with E-state index in [0.29, 0.717) is 0 Å². The number of methoxy groups -OCH3 is 2. The van der Waals surface area contributed by atoms with Crippen LogP contribution >= 0.6 is 27.3 Å². The molecule has 0 fully saturated rings. The van der Waals surface area contributed by atoms with Crippen LogP contribution in [0.5, 0.6) is 11.5 Å². The molecule has 0 spiro atoms. The van der Waals surface area contributed by atoms with E-state index in [0.717, 1.165) is 33.0 Å². The predicted octanol–water partition coefficient (Wildman–Crippen LogP) is 4.23. The molecule has 1 heterocycles. The number of thiophene rings is 1. The van der Waals surface area contributed by atoms with Crippen LogP contribution < -0.4 is 14.8 Å². The van der Waals surface area contributed by atoms with Crippen molar-refractivity contribution in [1.82, 2.24) is 5.32 Å². The Morgan fingerprint density at radius 1 is 1.20 bits per heavy atom. The van der Waals surface area contributed by atoms with E-state index in [9.17, 15) is 0 Å². The third-order valence-electron chi connectivity index (χ3n) is 3.05. The fraction of sp³-hybridized carbons (Fsp3) is 0.333. The minimum absolute atomic E-state index is 0.0578. The summed E-state index contributed by atoms with van der Waals surface area (Å²) in [6.45, 7) is 2.96. The van der Waals surface area contributed by atoms with Gasteiger partial charge in [-0.2, -0.15) is 0 Å². The van der Waals surface area contributed by atoms with Gasteiger partial charge < -0.3 is 14.8 Å². The molecule has 1 atom stereocenters. The van der Waals surface area contributed by atoms with Crippen LogP contribution in [0.3, 0.4) is 0 Å². The first kappa shape index (κ1) is 15.4. The molecule has 2 rings (SSSR count). The lowest BCUT2D eigenvalue weighted by Gasteiger charge is -2.21. The summed E-state index contributed by atoms with van der Waals surface area (Å²) in [5.41, 5.74) is 1.10. The third kappa shape index (κ3) is 3.16. The van der Waals surface area contributed by atoms with Crippen LogP contribution in [0.4, 0.5) is 0 Å². The summed E-state index contributed by atoms with van der Waals surface area (Å²) in [7, 11) is 3.40. The van der Waals surface area contributed by atoms with E-state index in [2.05, 4.69) is 34.2 Å². The van der Waals surface area contributed by atoms with E-state index in [1.165, 1.54) is 0 Å². The molecular formula is C15H18BrNO2S. The van der Waals surface area contributed by atoms with Crippen LogP contribution in [0.1, 0.15) is 23.4 Å². The van der Waals surface area contributed by atoms with Crippen molar-refractivity contribution in [2.24, 2.45) is 0 Å². The molecule has 0 aliphatic rings. The van der Waals surface area contributed by atoms with Crippen LogP contribution in [-0.4, -0.2) is 20.8 Å². The minimum Gasteiger partial charge on any atom is -0.496 e. The standard InChI is InChI=1S/C15H18BrNO2S/c1-4-17-14(15-13(19-3)7-8-20-15)11-9-10(16)5-6-12(11)18-2/h5-9,14,17H,4H2,1-3H3. The first-order chi connectivity index (χ1) is 9.71. The first-order valence-corrected chi connectivity index (χ1v) is 8.06. The lowest BCUT2D eigenvalue weighted by atomic mass is 10.0. The van der Waals surface area contributed by atoms with Crippen molar-refractivity contribution in [2.45, 2.75) is 13.0 Å². The van der Waals surface area contributed by atoms with Gasteiger partial charge in [0.2, 0.25) is 0 Å². The van der Waals surface area contributed by atoms with Gasteiger partial charge in [-0.3, -0.25) is 0 Å². The monoisotopic (exact) mass is 355 g/mol. The van der Waals surface area contributed by atoms with Crippen molar-refractivity contribution in [3.8, 4) is 11.5 Å². The van der Waals surface area contributed by atoms with Crippen molar-refractivity contribution in [1.29, 1.82) is 0 Å². The molecule has 108 valence electrons. The Balaban J connectivity index is 2.50. The van der Waals surface area contributed by atoms with Crippen LogP contribution in [-0.2, 0) is 0 Å². The van der Waals surface area contributed by atoms with Crippen molar-refractivity contribution >= 4 is 27.3 Å². The molecule has 3 nitrogen and oxygen atoms in total. The lowest BCUT2D eigenvalue weighted by Crippen LogP contribution is -2.22. The summed E-state index contributed by atoms with van der Waals surface area (Å²) >= 11 is 5.22. The van der Waals surface area contributed by atoms with Crippen LogP contribution in [0.2, 0.25) is 0 Å². The number of nitrogens with one attached hydrogen (secondary N) is 1. The van der Waals surface area contributed by atoms with Gasteiger partial charge in [0.1, 0.15) is 11.5 Å². The Labute approximate surface area is 132 Å². The van der Waals surface area contributed by atoms with E-state index in [-0.39, 0.29) is 6.04 Å². The molecule has 0 aliphatic carbocycles. The summed E-state index contributed by atoms with van der Waals surface area (Å²) in [5, 5.41) is 5.55. The number of hydrogen-bond acceptors (Lipinski definition) is 4. The summed E-state index contributed by atoms with van der Waals surface area (Å²) in [6.07, 6.45) is 0. The van der Waals surface area contributed by atoms with E-state index >= 15 is 0 Å². The van der Waals surface area contributed by atoms with Crippen molar-refractivity contribution in [3.63, 3.8) is 0 Å². The van der Waals surface area contributed by atoms with Gasteiger partial charge in [0.15, 0.2) is 0 Å². The molecule has 0 aliphatic heterocycles. The highest BCUT2D eigenvalue weighted by Gasteiger charge is 2.22. The van der Waals surface area contributed by atoms with Crippen LogP contribution in [0, 0.1) is 0 Å². The Hall–Kier alpha value is -1.04. The molecule has 0 bridgehead atoms. The average Bonchev–Trinajstić information content (AvgIpc) is 2.93. The molecule has 20 heavy (non-hydrogen) atoms. The zero-order valence-electron chi connectivity index (χ0n) is 11.8. The quantitative estimate of drug-likeness (QED) is 0.840. The molecule has 5 heteroatoms. The van der Waals surface area contributed by atoms with E-state index in [1.807, 2.05) is 23.6 Å². The normalized spacial score (nSPS) is 12.2. The van der Waals surface area contributed by atoms with Crippen molar-refractivity contribution in [3.05, 3.63) is 44.6 Å². The number of benzene rings is 1. The van der Waals surface area contributed by atoms with Gasteiger partial charge in [-0.15, -0.1) is 11.3 Å². The SMILES string of the molecule is CCNC(c1cc(Br)ccc1OC)c1sccc1OC. The molecular weight excluding hydrogens is 338 g/mol. The molecule has 1 aromatic carbocycles. The maximum absolute atomic E-state index is 5.50. The Bertz CT molecular complexity index is 571. The van der Waals surface area contributed by atoms with Gasteiger partial charge in [-0.1, -0.05) is 22.9 Å². The number of ether oxygens (including phenoxy) is 2. The second kappa shape index (κ2) is 7.11. The predicted molar refractivity (Wildman–Crippen MR) is 87.1 cm³/mol. The Morgan fingerprint density at radius 3 is 2.60 bits per heavy atom. The summed E-state index contributed by atoms with van der Waals surface area (Å²) in [4.78, 5) is 1.16. The molecule has 1 N–H and O–H groups in total. The van der Waals surface area contributed by atoms with Crippen LogP contribution in [0.25, 0.3) is 0 Å². The number of halogens is 1. The van der Waals surface area contributed by atoms with Gasteiger partial charge >= 0.3 is 0 Å². The number of hydrogen-bond donors (Lipinski definition) is 1. The zero-order chi connectivity index (χ0) is 14.5. The van der Waals surface area contributed by atoms with Gasteiger partial charge in [-0.05, 0) is 36.2 Å². The average molecular weight is 356 g/mol. The minimum atomic E-state index is 0.0578. The molecule has 0 saturated heterocycles. The maximum Gasteiger partial charge on any atom is 0.134 e. The molecule has 1 unspecified atom stereocenters. The smallest absolute Gasteiger partial charge is 0.134 e. The highest BCUT2D eigenvalue weighted by Crippen LogP contribution is 2.39. The highest BCUT2D eigenvalue weighted by molar-refractivity contribution is 9.10. The first-order valence-electron chi connectivity index (χ1n) is 6.39. The molecule has 1 aromatic heterocycles. The van der Waals surface area contributed by atoms with Gasteiger partial charge in [0.25, 0.3) is 0 Å². The van der Waals surface area contributed by atoms with Crippen LogP contribution in [0.15, 0.2) is 34.1 Å². The molecule has 2 aromatic rings. The summed E-state index contributed by atoms with van der Waals surface area (Å²) < 4.78 is 12.0. The van der Waals surface area contributed by atoms with E-state index < -0.39 is 0 Å². The largest absolute Gasteiger partial charge is 0.496 e. The van der Waals surface area contributed by atoms with Gasteiger partial charge in [-0.25, -0.2) is 0 Å². The van der Waals surface area contributed by atoms with E-state index in [1.54, 1.807) is 25.6 Å². The lowest BCUT2D eigenvalue weighted by molar-refractivity contribution is 0.396. The summed E-state index contributed by atoms with van der Waals surface area (Å²) in [5.74, 6) is 1.78. The van der Waals surface area contributed by atoms with Crippen molar-refractivity contribution in [2.75, 3.05) is 20.8 Å². The Morgan fingerprint density at radius 2 is 1.95 bits per heavy atom. The molecule has 0 amide bonds. The molecule has 0 saturated carbocycles. The zero-order valence-corrected chi connectivity index (χ0v) is 14.2. The fourth-order valence-electron chi connectivity index (χ4n) is 2.17. The van der Waals surface area contributed by atoms with Gasteiger partial charge in [0.05, 0.1) is 25.1 Å². The van der Waals surface area contributed by atoms with Crippen molar-refractivity contribution < 1.29 is 9.47 Å². The second-order valence-corrected chi connectivity index (χ2v) is 6.09. The van der Waals surface area contributed by atoms with E-state index in [4.69, 9.17) is 9.47 Å². The van der Waals surface area contributed by atoms with Gasteiger partial charge in [0, 0.05) is 10.0 Å². The highest BCUT2D eigenvalue weighted by atomic mass is 79.9. The Kier molecular flexibility index (Phi) is 5.46. The fourth-order valence-corrected chi connectivity index (χ4v) is 3.50.